The highest BCUT2D eigenvalue weighted by molar-refractivity contribution is 14.1. The van der Waals surface area contributed by atoms with Gasteiger partial charge in [0.25, 0.3) is 0 Å². The molecular formula is C22H21I2N3O. The number of hydrogen-bond donors (Lipinski definition) is 2. The molecule has 0 radical (unpaired) electrons. The van der Waals surface area contributed by atoms with Crippen LogP contribution in [0.15, 0.2) is 43.9 Å². The van der Waals surface area contributed by atoms with Gasteiger partial charge in [-0.15, -0.1) is 0 Å². The highest BCUT2D eigenvalue weighted by atomic mass is 127. The van der Waals surface area contributed by atoms with Crippen molar-refractivity contribution in [2.45, 2.75) is 39.0 Å². The maximum atomic E-state index is 10.3. The van der Waals surface area contributed by atoms with E-state index in [1.807, 2.05) is 25.3 Å². The van der Waals surface area contributed by atoms with Crippen molar-refractivity contribution >= 4 is 72.6 Å². The van der Waals surface area contributed by atoms with E-state index in [9.17, 15) is 5.11 Å². The van der Waals surface area contributed by atoms with Crippen molar-refractivity contribution in [1.29, 1.82) is 0 Å². The molecule has 2 N–H and O–H groups in total. The molecule has 3 aromatic rings. The molecule has 4 nitrogen and oxygen atoms in total. The second-order valence-electron chi connectivity index (χ2n) is 7.17. The maximum absolute atomic E-state index is 10.3. The normalized spacial score (nSPS) is 16.0. The molecule has 4 rings (SSSR count). The van der Waals surface area contributed by atoms with E-state index in [2.05, 4.69) is 68.0 Å². The van der Waals surface area contributed by atoms with Gasteiger partial charge in [0.2, 0.25) is 0 Å². The van der Waals surface area contributed by atoms with Crippen molar-refractivity contribution in [2.24, 2.45) is 0 Å². The lowest BCUT2D eigenvalue weighted by Gasteiger charge is -2.16. The molecule has 0 saturated heterocycles. The zero-order chi connectivity index (χ0) is 19.8. The number of aliphatic hydroxyl groups excluding tert-OH is 1. The average molecular weight is 597 g/mol. The number of halogens is 2. The fourth-order valence-corrected chi connectivity index (χ4v) is 5.53. The van der Waals surface area contributed by atoms with Crippen LogP contribution in [0.4, 0.5) is 0 Å². The number of benzene rings is 1. The molecule has 0 bridgehead atoms. The number of aromatic amines is 1. The summed E-state index contributed by atoms with van der Waals surface area (Å²) in [7, 11) is 0. The van der Waals surface area contributed by atoms with Crippen molar-refractivity contribution < 1.29 is 5.11 Å². The van der Waals surface area contributed by atoms with Crippen molar-refractivity contribution in [1.82, 2.24) is 15.2 Å². The topological polar surface area (TPSA) is 61.8 Å². The third kappa shape index (κ3) is 3.60. The number of aryl methyl sites for hydroxylation is 1. The smallest absolute Gasteiger partial charge is 0.137 e. The number of nitrogens with zero attached hydrogens (tertiary/aromatic N) is 2. The summed E-state index contributed by atoms with van der Waals surface area (Å²) >= 11 is 4.30. The minimum Gasteiger partial charge on any atom is -0.506 e. The molecule has 1 aliphatic rings. The first kappa shape index (κ1) is 19.9. The zero-order valence-electron chi connectivity index (χ0n) is 15.6. The Morgan fingerprint density at radius 3 is 2.68 bits per heavy atom. The van der Waals surface area contributed by atoms with Gasteiger partial charge in [-0.25, -0.2) is 4.98 Å². The fraction of sp³-hybridized carbons (Fsp3) is 0.273. The molecule has 6 heteroatoms. The lowest BCUT2D eigenvalue weighted by Crippen LogP contribution is -2.03. The van der Waals surface area contributed by atoms with Crippen molar-refractivity contribution in [2.75, 3.05) is 0 Å². The standard InChI is InChI=1S/C22H21I2N3O/c1-12(10-17(24)22(28)13(2)23)21-15-7-5-3-4-6-14(15)20-16-11-25-27-18(16)8-9-19(20)26-21/h8-11,28H,1,3-7H2,2H3,(H,25,27)/b17-10+,22-13-. The largest absolute Gasteiger partial charge is 0.506 e. The van der Waals surface area contributed by atoms with Crippen LogP contribution in [-0.2, 0) is 12.8 Å². The predicted molar refractivity (Wildman–Crippen MR) is 133 cm³/mol. The van der Waals surface area contributed by atoms with E-state index in [1.54, 1.807) is 0 Å². The quantitative estimate of drug-likeness (QED) is 0.149. The van der Waals surface area contributed by atoms with Gasteiger partial charge in [-0.1, -0.05) is 13.0 Å². The van der Waals surface area contributed by atoms with Gasteiger partial charge in [0.1, 0.15) is 5.76 Å². The summed E-state index contributed by atoms with van der Waals surface area (Å²) < 4.78 is 1.64. The number of nitrogens with one attached hydrogen (secondary N) is 1. The van der Waals surface area contributed by atoms with Gasteiger partial charge in [-0.3, -0.25) is 5.10 Å². The van der Waals surface area contributed by atoms with Crippen LogP contribution in [0.2, 0.25) is 0 Å². The molecule has 2 aromatic heterocycles. The number of hydrogen-bond acceptors (Lipinski definition) is 3. The summed E-state index contributed by atoms with van der Waals surface area (Å²) in [6, 6.07) is 4.11. The minimum atomic E-state index is 0.300. The second kappa shape index (κ2) is 8.14. The van der Waals surface area contributed by atoms with Gasteiger partial charge in [-0.05, 0) is 113 Å². The molecular weight excluding hydrogens is 576 g/mol. The number of aromatic nitrogens is 3. The van der Waals surface area contributed by atoms with Crippen LogP contribution in [0.5, 0.6) is 0 Å². The van der Waals surface area contributed by atoms with Crippen LogP contribution in [0.25, 0.3) is 27.4 Å². The molecule has 0 aliphatic heterocycles. The maximum Gasteiger partial charge on any atom is 0.137 e. The van der Waals surface area contributed by atoms with Gasteiger partial charge in [-0.2, -0.15) is 5.10 Å². The molecule has 144 valence electrons. The summed E-state index contributed by atoms with van der Waals surface area (Å²) in [4.78, 5) is 5.03. The van der Waals surface area contributed by atoms with E-state index >= 15 is 0 Å². The molecule has 0 unspecified atom stereocenters. The Morgan fingerprint density at radius 2 is 1.93 bits per heavy atom. The molecule has 1 aromatic carbocycles. The summed E-state index contributed by atoms with van der Waals surface area (Å²) in [5.74, 6) is 0.300. The van der Waals surface area contributed by atoms with E-state index in [-0.39, 0.29) is 0 Å². The van der Waals surface area contributed by atoms with Crippen LogP contribution in [0.3, 0.4) is 0 Å². The van der Waals surface area contributed by atoms with E-state index in [0.29, 0.717) is 5.76 Å². The van der Waals surface area contributed by atoms with Crippen molar-refractivity contribution in [3.63, 3.8) is 0 Å². The molecule has 28 heavy (non-hydrogen) atoms. The number of allylic oxidation sites excluding steroid dienone is 4. The van der Waals surface area contributed by atoms with E-state index < -0.39 is 0 Å². The SMILES string of the molecule is C=C(/C=C(I)\C(O)=C(/C)I)c1nc2ccc3[nH]ncc3c2c2c1CCCCC2. The predicted octanol–water partition coefficient (Wildman–Crippen LogP) is 6.94. The lowest BCUT2D eigenvalue weighted by molar-refractivity contribution is 0.429. The number of H-pyrrole nitrogens is 1. The van der Waals surface area contributed by atoms with Crippen LogP contribution in [0.1, 0.15) is 43.0 Å². The Kier molecular flexibility index (Phi) is 5.78. The Balaban J connectivity index is 1.95. The molecule has 2 heterocycles. The Morgan fingerprint density at radius 1 is 1.18 bits per heavy atom. The summed E-state index contributed by atoms with van der Waals surface area (Å²) in [6.07, 6.45) is 9.50. The Hall–Kier alpha value is -1.42. The monoisotopic (exact) mass is 597 g/mol. The summed E-state index contributed by atoms with van der Waals surface area (Å²) in [5.41, 5.74) is 6.53. The molecule has 1 aliphatic carbocycles. The highest BCUT2D eigenvalue weighted by Crippen LogP contribution is 2.36. The van der Waals surface area contributed by atoms with Crippen molar-refractivity contribution in [3.8, 4) is 0 Å². The Bertz CT molecular complexity index is 1150. The fourth-order valence-electron chi connectivity index (χ4n) is 3.94. The third-order valence-corrected chi connectivity index (χ3v) is 6.63. The second-order valence-corrected chi connectivity index (χ2v) is 9.95. The summed E-state index contributed by atoms with van der Waals surface area (Å²) in [6.45, 7) is 6.20. The van der Waals surface area contributed by atoms with E-state index in [1.165, 1.54) is 35.8 Å². The van der Waals surface area contributed by atoms with Crippen LogP contribution < -0.4 is 0 Å². The van der Waals surface area contributed by atoms with Crippen LogP contribution in [-0.4, -0.2) is 20.3 Å². The molecule has 0 atom stereocenters. The number of pyridine rings is 1. The Labute approximate surface area is 191 Å². The van der Waals surface area contributed by atoms with Gasteiger partial charge in [0.05, 0.1) is 26.5 Å². The van der Waals surface area contributed by atoms with Crippen LogP contribution >= 0.6 is 45.2 Å². The van der Waals surface area contributed by atoms with Crippen LogP contribution in [0, 0.1) is 0 Å². The first-order valence-corrected chi connectivity index (χ1v) is 11.5. The third-order valence-electron chi connectivity index (χ3n) is 5.30. The minimum absolute atomic E-state index is 0.300. The summed E-state index contributed by atoms with van der Waals surface area (Å²) in [5, 5.41) is 20.0. The van der Waals surface area contributed by atoms with Gasteiger partial charge >= 0.3 is 0 Å². The first-order valence-electron chi connectivity index (χ1n) is 9.37. The number of aliphatic hydroxyl groups is 1. The van der Waals surface area contributed by atoms with E-state index in [4.69, 9.17) is 4.98 Å². The number of fused-ring (bicyclic) bond motifs is 5. The average Bonchev–Trinajstić information content (AvgIpc) is 3.02. The molecule has 0 spiro atoms. The van der Waals surface area contributed by atoms with Crippen molar-refractivity contribution in [3.05, 3.63) is 60.7 Å². The first-order chi connectivity index (χ1) is 13.5. The van der Waals surface area contributed by atoms with Gasteiger partial charge in [0.15, 0.2) is 0 Å². The van der Waals surface area contributed by atoms with Gasteiger partial charge in [0, 0.05) is 14.4 Å². The highest BCUT2D eigenvalue weighted by Gasteiger charge is 2.20. The number of rotatable bonds is 3. The lowest BCUT2D eigenvalue weighted by atomic mass is 9.92. The molecule has 0 amide bonds. The molecule has 0 saturated carbocycles. The zero-order valence-corrected chi connectivity index (χ0v) is 20.0. The van der Waals surface area contributed by atoms with Gasteiger partial charge < -0.3 is 5.11 Å². The van der Waals surface area contributed by atoms with E-state index in [0.717, 1.165) is 47.7 Å². The molecule has 0 fully saturated rings.